The Labute approximate surface area is 142 Å². The SMILES string of the molecule is Cn1nc2c(c1CN=C(N)N1CCOCC1)CCCC2.I. The normalized spacial score (nSPS) is 19.1. The number of aromatic nitrogens is 2. The van der Waals surface area contributed by atoms with Gasteiger partial charge in [0.2, 0.25) is 0 Å². The molecule has 1 aromatic rings. The van der Waals surface area contributed by atoms with Crippen molar-refractivity contribution < 1.29 is 4.74 Å². The van der Waals surface area contributed by atoms with Crippen molar-refractivity contribution in [3.63, 3.8) is 0 Å². The summed E-state index contributed by atoms with van der Waals surface area (Å²) in [6.45, 7) is 3.76. The van der Waals surface area contributed by atoms with Crippen LogP contribution in [-0.4, -0.2) is 46.9 Å². The van der Waals surface area contributed by atoms with Crippen LogP contribution in [0.25, 0.3) is 0 Å². The maximum absolute atomic E-state index is 6.08. The molecule has 0 saturated carbocycles. The lowest BCUT2D eigenvalue weighted by Gasteiger charge is -2.27. The summed E-state index contributed by atoms with van der Waals surface area (Å²) in [4.78, 5) is 6.65. The molecule has 2 aliphatic rings. The molecule has 0 aromatic carbocycles. The topological polar surface area (TPSA) is 68.7 Å². The zero-order chi connectivity index (χ0) is 13.9. The van der Waals surface area contributed by atoms with Crippen molar-refractivity contribution in [2.45, 2.75) is 32.2 Å². The summed E-state index contributed by atoms with van der Waals surface area (Å²) in [5.74, 6) is 0.624. The van der Waals surface area contributed by atoms with Gasteiger partial charge in [-0.25, -0.2) is 4.99 Å². The number of hydrogen-bond donors (Lipinski definition) is 1. The third-order valence-corrected chi connectivity index (χ3v) is 4.17. The van der Waals surface area contributed by atoms with Crippen molar-refractivity contribution in [3.05, 3.63) is 17.0 Å². The number of fused-ring (bicyclic) bond motifs is 1. The highest BCUT2D eigenvalue weighted by atomic mass is 127. The lowest BCUT2D eigenvalue weighted by molar-refractivity contribution is 0.0674. The molecule has 21 heavy (non-hydrogen) atoms. The molecule has 0 bridgehead atoms. The molecule has 7 heteroatoms. The predicted octanol–water partition coefficient (Wildman–Crippen LogP) is 1.06. The van der Waals surface area contributed by atoms with Crippen LogP contribution in [0.2, 0.25) is 0 Å². The van der Waals surface area contributed by atoms with E-state index in [0.717, 1.165) is 39.1 Å². The van der Waals surface area contributed by atoms with Gasteiger partial charge in [-0.3, -0.25) is 4.68 Å². The van der Waals surface area contributed by atoms with Gasteiger partial charge in [-0.2, -0.15) is 5.10 Å². The van der Waals surface area contributed by atoms with Crippen molar-refractivity contribution in [2.24, 2.45) is 17.8 Å². The number of aliphatic imine (C=N–C) groups is 1. The number of guanidine groups is 1. The van der Waals surface area contributed by atoms with Crippen LogP contribution in [0, 0.1) is 0 Å². The highest BCUT2D eigenvalue weighted by Crippen LogP contribution is 2.24. The Morgan fingerprint density at radius 3 is 2.76 bits per heavy atom. The minimum absolute atomic E-state index is 0. The van der Waals surface area contributed by atoms with Crippen molar-refractivity contribution >= 4 is 29.9 Å². The quantitative estimate of drug-likeness (QED) is 0.454. The number of ether oxygens (including phenoxy) is 1. The highest BCUT2D eigenvalue weighted by molar-refractivity contribution is 14.0. The Morgan fingerprint density at radius 2 is 2.00 bits per heavy atom. The van der Waals surface area contributed by atoms with E-state index >= 15 is 0 Å². The number of halogens is 1. The molecule has 6 nitrogen and oxygen atoms in total. The minimum Gasteiger partial charge on any atom is -0.378 e. The molecule has 3 rings (SSSR count). The Bertz CT molecular complexity index is 508. The molecule has 1 aromatic heterocycles. The third kappa shape index (κ3) is 3.68. The molecule has 1 aliphatic heterocycles. The number of nitrogens with zero attached hydrogens (tertiary/aromatic N) is 4. The first-order valence-corrected chi connectivity index (χ1v) is 7.42. The van der Waals surface area contributed by atoms with Crippen LogP contribution < -0.4 is 5.73 Å². The van der Waals surface area contributed by atoms with Crippen LogP contribution in [0.5, 0.6) is 0 Å². The van der Waals surface area contributed by atoms with Crippen molar-refractivity contribution in [1.29, 1.82) is 0 Å². The van der Waals surface area contributed by atoms with Crippen LogP contribution in [0.1, 0.15) is 29.8 Å². The second kappa shape index (κ2) is 7.44. The maximum atomic E-state index is 6.08. The summed E-state index contributed by atoms with van der Waals surface area (Å²) in [6, 6.07) is 0. The highest BCUT2D eigenvalue weighted by Gasteiger charge is 2.19. The van der Waals surface area contributed by atoms with E-state index in [1.165, 1.54) is 29.8 Å². The zero-order valence-electron chi connectivity index (χ0n) is 12.5. The van der Waals surface area contributed by atoms with Gasteiger partial charge in [-0.1, -0.05) is 0 Å². The largest absolute Gasteiger partial charge is 0.378 e. The molecule has 1 saturated heterocycles. The maximum Gasteiger partial charge on any atom is 0.191 e. The van der Waals surface area contributed by atoms with E-state index in [4.69, 9.17) is 10.5 Å². The molecule has 0 atom stereocenters. The Balaban J connectivity index is 0.00000161. The summed E-state index contributed by atoms with van der Waals surface area (Å²) in [6.07, 6.45) is 4.74. The lowest BCUT2D eigenvalue weighted by Crippen LogP contribution is -2.44. The van der Waals surface area contributed by atoms with Crippen molar-refractivity contribution in [3.8, 4) is 0 Å². The van der Waals surface area contributed by atoms with Crippen LogP contribution in [0.15, 0.2) is 4.99 Å². The Kier molecular flexibility index (Phi) is 5.86. The van der Waals surface area contributed by atoms with Gasteiger partial charge in [-0.15, -0.1) is 24.0 Å². The second-order valence-electron chi connectivity index (χ2n) is 5.48. The first-order valence-electron chi connectivity index (χ1n) is 7.42. The average molecular weight is 405 g/mol. The van der Waals surface area contributed by atoms with Gasteiger partial charge in [0.25, 0.3) is 0 Å². The first-order chi connectivity index (χ1) is 9.75. The van der Waals surface area contributed by atoms with Gasteiger partial charge in [0.05, 0.1) is 31.1 Å². The van der Waals surface area contributed by atoms with Gasteiger partial charge < -0.3 is 15.4 Å². The van der Waals surface area contributed by atoms with Crippen LogP contribution in [0.4, 0.5) is 0 Å². The summed E-state index contributed by atoms with van der Waals surface area (Å²) >= 11 is 0. The van der Waals surface area contributed by atoms with Crippen LogP contribution in [0.3, 0.4) is 0 Å². The number of rotatable bonds is 2. The summed E-state index contributed by atoms with van der Waals surface area (Å²) < 4.78 is 7.31. The molecular formula is C14H24IN5O. The molecule has 0 amide bonds. The number of morpholine rings is 1. The molecule has 0 unspecified atom stereocenters. The van der Waals surface area contributed by atoms with Gasteiger partial charge in [0, 0.05) is 20.1 Å². The summed E-state index contributed by atoms with van der Waals surface area (Å²) in [7, 11) is 2.01. The smallest absolute Gasteiger partial charge is 0.191 e. The van der Waals surface area contributed by atoms with Gasteiger partial charge in [-0.05, 0) is 31.2 Å². The standard InChI is InChI=1S/C14H23N5O.HI/c1-18-13(11-4-2-3-5-12(11)17-18)10-16-14(15)19-6-8-20-9-7-19;/h2-10H2,1H3,(H2,15,16);1H. The van der Waals surface area contributed by atoms with E-state index in [2.05, 4.69) is 15.0 Å². The van der Waals surface area contributed by atoms with E-state index in [1.54, 1.807) is 0 Å². The molecule has 1 fully saturated rings. The Hall–Kier alpha value is -0.830. The fraction of sp³-hybridized carbons (Fsp3) is 0.714. The van der Waals surface area contributed by atoms with E-state index in [9.17, 15) is 0 Å². The fourth-order valence-electron chi connectivity index (χ4n) is 2.99. The molecule has 2 heterocycles. The van der Waals surface area contributed by atoms with Gasteiger partial charge in [0.15, 0.2) is 5.96 Å². The fourth-order valence-corrected chi connectivity index (χ4v) is 2.99. The second-order valence-corrected chi connectivity index (χ2v) is 5.48. The van der Waals surface area contributed by atoms with E-state index in [0.29, 0.717) is 12.5 Å². The van der Waals surface area contributed by atoms with Gasteiger partial charge >= 0.3 is 0 Å². The molecule has 0 radical (unpaired) electrons. The van der Waals surface area contributed by atoms with Crippen molar-refractivity contribution in [2.75, 3.05) is 26.3 Å². The van der Waals surface area contributed by atoms with Crippen molar-refractivity contribution in [1.82, 2.24) is 14.7 Å². The summed E-state index contributed by atoms with van der Waals surface area (Å²) in [5, 5.41) is 4.61. The van der Waals surface area contributed by atoms with E-state index in [-0.39, 0.29) is 24.0 Å². The number of nitrogens with two attached hydrogens (primary N) is 1. The van der Waals surface area contributed by atoms with E-state index in [1.807, 2.05) is 11.7 Å². The van der Waals surface area contributed by atoms with Gasteiger partial charge in [0.1, 0.15) is 0 Å². The van der Waals surface area contributed by atoms with Crippen LogP contribution >= 0.6 is 24.0 Å². The molecule has 2 N–H and O–H groups in total. The third-order valence-electron chi connectivity index (χ3n) is 4.17. The molecule has 118 valence electrons. The molecule has 1 aliphatic carbocycles. The Morgan fingerprint density at radius 1 is 1.29 bits per heavy atom. The van der Waals surface area contributed by atoms with E-state index < -0.39 is 0 Å². The number of hydrogen-bond acceptors (Lipinski definition) is 3. The monoisotopic (exact) mass is 405 g/mol. The summed E-state index contributed by atoms with van der Waals surface area (Å²) in [5.41, 5.74) is 9.96. The first kappa shape index (κ1) is 16.5. The molecular weight excluding hydrogens is 381 g/mol. The average Bonchev–Trinajstić information content (AvgIpc) is 2.81. The lowest BCUT2D eigenvalue weighted by atomic mass is 9.96. The van der Waals surface area contributed by atoms with Crippen LogP contribution in [-0.2, 0) is 31.2 Å². The molecule has 0 spiro atoms. The zero-order valence-corrected chi connectivity index (χ0v) is 14.9. The minimum atomic E-state index is 0. The number of aryl methyl sites for hydroxylation is 2. The predicted molar refractivity (Wildman–Crippen MR) is 93.0 cm³/mol.